The van der Waals surface area contributed by atoms with Gasteiger partial charge in [0.25, 0.3) is 0 Å². The third-order valence-corrected chi connectivity index (χ3v) is 5.01. The van der Waals surface area contributed by atoms with Crippen molar-refractivity contribution in [1.82, 2.24) is 10.3 Å². The van der Waals surface area contributed by atoms with Crippen molar-refractivity contribution in [2.24, 2.45) is 0 Å². The Bertz CT molecular complexity index is 447. The van der Waals surface area contributed by atoms with Crippen molar-refractivity contribution >= 4 is 43.2 Å². The maximum absolute atomic E-state index is 5.39. The summed E-state index contributed by atoms with van der Waals surface area (Å²) < 4.78 is 7.46. The van der Waals surface area contributed by atoms with Gasteiger partial charge in [0.1, 0.15) is 6.26 Å². The number of rotatable bonds is 3. The monoisotopic (exact) mass is 350 g/mol. The molecule has 2 aromatic heterocycles. The highest BCUT2D eigenvalue weighted by atomic mass is 79.9. The van der Waals surface area contributed by atoms with Gasteiger partial charge in [-0.05, 0) is 45.0 Å². The van der Waals surface area contributed by atoms with Gasteiger partial charge in [-0.1, -0.05) is 0 Å². The van der Waals surface area contributed by atoms with Gasteiger partial charge in [-0.25, -0.2) is 4.98 Å². The lowest BCUT2D eigenvalue weighted by atomic mass is 10.4. The summed E-state index contributed by atoms with van der Waals surface area (Å²) in [5.74, 6) is 0.664. The maximum atomic E-state index is 5.39. The molecule has 0 radical (unpaired) electrons. The summed E-state index contributed by atoms with van der Waals surface area (Å²) in [6, 6.07) is 1.99. The van der Waals surface area contributed by atoms with Crippen molar-refractivity contribution in [3.05, 3.63) is 26.3 Å². The largest absolute Gasteiger partial charge is 0.444 e. The van der Waals surface area contributed by atoms with Gasteiger partial charge in [0.05, 0.1) is 14.4 Å². The number of oxazole rings is 1. The van der Waals surface area contributed by atoms with Crippen LogP contribution in [-0.4, -0.2) is 12.0 Å². The molecule has 80 valence electrons. The summed E-state index contributed by atoms with van der Waals surface area (Å²) in [6.07, 6.45) is 1.67. The van der Waals surface area contributed by atoms with E-state index in [1.54, 1.807) is 17.6 Å². The fourth-order valence-corrected chi connectivity index (χ4v) is 3.10. The Balaban J connectivity index is 2.28. The second-order valence-electron chi connectivity index (χ2n) is 2.91. The standard InChI is InChI=1S/C9H8Br2N2OS/c1-12-3-5-4-14-9(13-5)7-2-6(10)8(11)15-7/h2,4,12H,3H2,1H3. The average molecular weight is 352 g/mol. The van der Waals surface area contributed by atoms with Gasteiger partial charge in [0.2, 0.25) is 5.89 Å². The van der Waals surface area contributed by atoms with Crippen molar-refractivity contribution in [3.63, 3.8) is 0 Å². The lowest BCUT2D eigenvalue weighted by Gasteiger charge is -1.89. The Morgan fingerprint density at radius 2 is 2.33 bits per heavy atom. The summed E-state index contributed by atoms with van der Waals surface area (Å²) in [4.78, 5) is 5.37. The van der Waals surface area contributed by atoms with E-state index in [2.05, 4.69) is 42.2 Å². The van der Waals surface area contributed by atoms with Gasteiger partial charge < -0.3 is 9.73 Å². The third kappa shape index (κ3) is 2.50. The number of nitrogens with zero attached hydrogens (tertiary/aromatic N) is 1. The number of thiophene rings is 1. The zero-order valence-corrected chi connectivity index (χ0v) is 11.9. The molecule has 0 aliphatic heterocycles. The van der Waals surface area contributed by atoms with E-state index in [1.807, 2.05) is 13.1 Å². The fourth-order valence-electron chi connectivity index (χ4n) is 1.13. The quantitative estimate of drug-likeness (QED) is 0.917. The van der Waals surface area contributed by atoms with E-state index in [1.165, 1.54) is 0 Å². The van der Waals surface area contributed by atoms with E-state index in [-0.39, 0.29) is 0 Å². The summed E-state index contributed by atoms with van der Waals surface area (Å²) in [6.45, 7) is 0.719. The highest BCUT2D eigenvalue weighted by Gasteiger charge is 2.11. The first-order valence-corrected chi connectivity index (χ1v) is 6.65. The molecule has 0 saturated carbocycles. The number of nitrogens with one attached hydrogen (secondary N) is 1. The molecule has 3 nitrogen and oxygen atoms in total. The van der Waals surface area contributed by atoms with Gasteiger partial charge >= 0.3 is 0 Å². The molecule has 1 N–H and O–H groups in total. The molecule has 0 aromatic carbocycles. The summed E-state index contributed by atoms with van der Waals surface area (Å²) in [5.41, 5.74) is 0.910. The van der Waals surface area contributed by atoms with Crippen molar-refractivity contribution < 1.29 is 4.42 Å². The molecule has 0 bridgehead atoms. The molecule has 2 aromatic rings. The zero-order chi connectivity index (χ0) is 10.8. The first-order chi connectivity index (χ1) is 7.20. The van der Waals surface area contributed by atoms with E-state index in [0.29, 0.717) is 5.89 Å². The summed E-state index contributed by atoms with van der Waals surface area (Å²) in [7, 11) is 1.88. The number of hydrogen-bond acceptors (Lipinski definition) is 4. The summed E-state index contributed by atoms with van der Waals surface area (Å²) in [5, 5.41) is 3.03. The van der Waals surface area contributed by atoms with Crippen molar-refractivity contribution in [1.29, 1.82) is 0 Å². The third-order valence-electron chi connectivity index (χ3n) is 1.77. The molecule has 0 aliphatic rings. The molecule has 0 unspecified atom stereocenters. The highest BCUT2D eigenvalue weighted by Crippen LogP contribution is 2.37. The maximum Gasteiger partial charge on any atom is 0.236 e. The zero-order valence-electron chi connectivity index (χ0n) is 7.88. The van der Waals surface area contributed by atoms with E-state index < -0.39 is 0 Å². The molecule has 0 spiro atoms. The number of halogens is 2. The Kier molecular flexibility index (Phi) is 3.60. The van der Waals surface area contributed by atoms with Crippen LogP contribution in [0.5, 0.6) is 0 Å². The normalized spacial score (nSPS) is 10.9. The smallest absolute Gasteiger partial charge is 0.236 e. The van der Waals surface area contributed by atoms with Gasteiger partial charge in [-0.3, -0.25) is 0 Å². The lowest BCUT2D eigenvalue weighted by molar-refractivity contribution is 0.573. The Hall–Kier alpha value is -0.170. The van der Waals surface area contributed by atoms with Crippen LogP contribution in [-0.2, 0) is 6.54 Å². The Labute approximate surface area is 108 Å². The molecule has 0 atom stereocenters. The van der Waals surface area contributed by atoms with Gasteiger partial charge in [-0.2, -0.15) is 0 Å². The molecular formula is C9H8Br2N2OS. The van der Waals surface area contributed by atoms with Gasteiger partial charge in [0.15, 0.2) is 0 Å². The Morgan fingerprint density at radius 3 is 2.93 bits per heavy atom. The number of aromatic nitrogens is 1. The van der Waals surface area contributed by atoms with Crippen LogP contribution >= 0.6 is 43.2 Å². The predicted octanol–water partition coefficient (Wildman–Crippen LogP) is 3.65. The number of hydrogen-bond donors (Lipinski definition) is 1. The average Bonchev–Trinajstić information content (AvgIpc) is 2.76. The highest BCUT2D eigenvalue weighted by molar-refractivity contribution is 9.13. The second kappa shape index (κ2) is 4.78. The topological polar surface area (TPSA) is 38.1 Å². The first-order valence-electron chi connectivity index (χ1n) is 4.25. The van der Waals surface area contributed by atoms with Crippen LogP contribution in [0.25, 0.3) is 10.8 Å². The van der Waals surface area contributed by atoms with Crippen LogP contribution in [0.15, 0.2) is 25.0 Å². The molecule has 0 amide bonds. The van der Waals surface area contributed by atoms with Crippen LogP contribution in [0, 0.1) is 0 Å². The van der Waals surface area contributed by atoms with Gasteiger partial charge in [0, 0.05) is 11.0 Å². The minimum atomic E-state index is 0.664. The predicted molar refractivity (Wildman–Crippen MR) is 68.0 cm³/mol. The molecule has 15 heavy (non-hydrogen) atoms. The molecule has 0 aliphatic carbocycles. The van der Waals surface area contributed by atoms with Crippen LogP contribution in [0.1, 0.15) is 5.69 Å². The summed E-state index contributed by atoms with van der Waals surface area (Å²) >= 11 is 8.47. The second-order valence-corrected chi connectivity index (χ2v) is 6.13. The first kappa shape index (κ1) is 11.3. The van der Waals surface area contributed by atoms with E-state index in [9.17, 15) is 0 Å². The fraction of sp³-hybridized carbons (Fsp3) is 0.222. The SMILES string of the molecule is CNCc1coc(-c2cc(Br)c(Br)s2)n1. The van der Waals surface area contributed by atoms with Crippen molar-refractivity contribution in [2.45, 2.75) is 6.54 Å². The lowest BCUT2D eigenvalue weighted by Crippen LogP contribution is -2.04. The van der Waals surface area contributed by atoms with Crippen LogP contribution in [0.3, 0.4) is 0 Å². The molecule has 0 fully saturated rings. The molecule has 2 rings (SSSR count). The van der Waals surface area contributed by atoms with Crippen LogP contribution < -0.4 is 5.32 Å². The molecular weight excluding hydrogens is 344 g/mol. The minimum absolute atomic E-state index is 0.664. The van der Waals surface area contributed by atoms with Crippen molar-refractivity contribution in [3.8, 4) is 10.8 Å². The Morgan fingerprint density at radius 1 is 1.53 bits per heavy atom. The van der Waals surface area contributed by atoms with Crippen molar-refractivity contribution in [2.75, 3.05) is 7.05 Å². The van der Waals surface area contributed by atoms with Crippen LogP contribution in [0.2, 0.25) is 0 Å². The van der Waals surface area contributed by atoms with Gasteiger partial charge in [-0.15, -0.1) is 11.3 Å². The van der Waals surface area contributed by atoms with E-state index in [0.717, 1.165) is 25.4 Å². The van der Waals surface area contributed by atoms with Crippen LogP contribution in [0.4, 0.5) is 0 Å². The molecule has 6 heteroatoms. The molecule has 0 saturated heterocycles. The van der Waals surface area contributed by atoms with E-state index >= 15 is 0 Å². The molecule has 2 heterocycles. The minimum Gasteiger partial charge on any atom is -0.444 e. The van der Waals surface area contributed by atoms with E-state index in [4.69, 9.17) is 4.42 Å².